The SMILES string of the molecule is CCn1c(-c2ccccc2OC)n[nH]c1=S. The lowest BCUT2D eigenvalue weighted by Gasteiger charge is -2.08. The average Bonchev–Trinajstić information content (AvgIpc) is 2.70. The minimum absolute atomic E-state index is 0.628. The average molecular weight is 235 g/mol. The summed E-state index contributed by atoms with van der Waals surface area (Å²) in [6.07, 6.45) is 0. The molecule has 0 unspecified atom stereocenters. The van der Waals surface area contributed by atoms with Crippen LogP contribution < -0.4 is 4.74 Å². The van der Waals surface area contributed by atoms with Crippen LogP contribution in [0.15, 0.2) is 24.3 Å². The van der Waals surface area contributed by atoms with E-state index in [1.165, 1.54) is 0 Å². The lowest BCUT2D eigenvalue weighted by molar-refractivity contribution is 0.416. The molecule has 0 amide bonds. The third-order valence-corrected chi connectivity index (χ3v) is 2.73. The summed E-state index contributed by atoms with van der Waals surface area (Å²) in [5, 5.41) is 7.03. The molecule has 0 spiro atoms. The van der Waals surface area contributed by atoms with Crippen LogP contribution in [0, 0.1) is 4.77 Å². The number of aromatic amines is 1. The lowest BCUT2D eigenvalue weighted by atomic mass is 10.2. The van der Waals surface area contributed by atoms with E-state index >= 15 is 0 Å². The number of hydrogen-bond acceptors (Lipinski definition) is 3. The van der Waals surface area contributed by atoms with E-state index < -0.39 is 0 Å². The van der Waals surface area contributed by atoms with Gasteiger partial charge >= 0.3 is 0 Å². The largest absolute Gasteiger partial charge is 0.496 e. The van der Waals surface area contributed by atoms with Gasteiger partial charge in [0.2, 0.25) is 0 Å². The molecule has 84 valence electrons. The van der Waals surface area contributed by atoms with Gasteiger partial charge in [0.1, 0.15) is 5.75 Å². The second kappa shape index (κ2) is 4.49. The second-order valence-corrected chi connectivity index (χ2v) is 3.68. The maximum absolute atomic E-state index is 5.31. The van der Waals surface area contributed by atoms with Gasteiger partial charge in [-0.25, -0.2) is 0 Å². The van der Waals surface area contributed by atoms with Crippen LogP contribution in [0.5, 0.6) is 5.75 Å². The Morgan fingerprint density at radius 3 is 2.88 bits per heavy atom. The first-order valence-electron chi connectivity index (χ1n) is 5.06. The number of hydrogen-bond donors (Lipinski definition) is 1. The van der Waals surface area contributed by atoms with Crippen molar-refractivity contribution in [1.29, 1.82) is 0 Å². The normalized spacial score (nSPS) is 10.4. The number of ether oxygens (including phenoxy) is 1. The number of nitrogens with zero attached hydrogens (tertiary/aromatic N) is 2. The van der Waals surface area contributed by atoms with E-state index in [-0.39, 0.29) is 0 Å². The zero-order valence-electron chi connectivity index (χ0n) is 9.23. The number of H-pyrrole nitrogens is 1. The predicted octanol–water partition coefficient (Wildman–Crippen LogP) is 2.64. The lowest BCUT2D eigenvalue weighted by Crippen LogP contribution is -1.99. The minimum atomic E-state index is 0.628. The highest BCUT2D eigenvalue weighted by atomic mass is 32.1. The number of benzene rings is 1. The fraction of sp³-hybridized carbons (Fsp3) is 0.273. The molecule has 0 fully saturated rings. The zero-order valence-corrected chi connectivity index (χ0v) is 10.0. The molecule has 1 heterocycles. The van der Waals surface area contributed by atoms with E-state index in [9.17, 15) is 0 Å². The molecule has 0 aliphatic rings. The van der Waals surface area contributed by atoms with E-state index in [4.69, 9.17) is 17.0 Å². The van der Waals surface area contributed by atoms with Crippen molar-refractivity contribution in [2.24, 2.45) is 0 Å². The van der Waals surface area contributed by atoms with Crippen molar-refractivity contribution < 1.29 is 4.74 Å². The maximum Gasteiger partial charge on any atom is 0.195 e. The van der Waals surface area contributed by atoms with Crippen LogP contribution >= 0.6 is 12.2 Å². The van der Waals surface area contributed by atoms with Crippen LogP contribution in [-0.4, -0.2) is 21.9 Å². The smallest absolute Gasteiger partial charge is 0.195 e. The molecule has 1 N–H and O–H groups in total. The monoisotopic (exact) mass is 235 g/mol. The summed E-state index contributed by atoms with van der Waals surface area (Å²) in [7, 11) is 1.65. The molecule has 4 nitrogen and oxygen atoms in total. The van der Waals surface area contributed by atoms with Crippen LogP contribution in [0.2, 0.25) is 0 Å². The first-order valence-corrected chi connectivity index (χ1v) is 5.47. The second-order valence-electron chi connectivity index (χ2n) is 3.30. The van der Waals surface area contributed by atoms with Crippen LogP contribution in [0.25, 0.3) is 11.4 Å². The molecule has 0 atom stereocenters. The summed E-state index contributed by atoms with van der Waals surface area (Å²) in [5.74, 6) is 1.61. The number of methoxy groups -OCH3 is 1. The van der Waals surface area contributed by atoms with Crippen molar-refractivity contribution >= 4 is 12.2 Å². The highest BCUT2D eigenvalue weighted by Crippen LogP contribution is 2.27. The number of rotatable bonds is 3. The Morgan fingerprint density at radius 1 is 1.44 bits per heavy atom. The molecule has 0 radical (unpaired) electrons. The highest BCUT2D eigenvalue weighted by Gasteiger charge is 2.11. The number of aromatic nitrogens is 3. The van der Waals surface area contributed by atoms with Gasteiger partial charge in [-0.15, -0.1) is 0 Å². The Labute approximate surface area is 98.9 Å². The number of para-hydroxylation sites is 1. The van der Waals surface area contributed by atoms with Crippen LogP contribution in [0.4, 0.5) is 0 Å². The van der Waals surface area contributed by atoms with Crippen LogP contribution in [0.1, 0.15) is 6.92 Å². The van der Waals surface area contributed by atoms with Crippen molar-refractivity contribution in [3.05, 3.63) is 29.0 Å². The van der Waals surface area contributed by atoms with Crippen molar-refractivity contribution in [3.63, 3.8) is 0 Å². The fourth-order valence-electron chi connectivity index (χ4n) is 1.65. The van der Waals surface area contributed by atoms with Gasteiger partial charge in [0.25, 0.3) is 0 Å². The Bertz CT molecular complexity index is 544. The molecule has 16 heavy (non-hydrogen) atoms. The molecule has 0 bridgehead atoms. The summed E-state index contributed by atoms with van der Waals surface area (Å²) < 4.78 is 7.87. The third kappa shape index (κ3) is 1.74. The summed E-state index contributed by atoms with van der Waals surface area (Å²) >= 11 is 5.16. The zero-order chi connectivity index (χ0) is 11.5. The van der Waals surface area contributed by atoms with Gasteiger partial charge in [-0.3, -0.25) is 5.10 Å². The van der Waals surface area contributed by atoms with Gasteiger partial charge in [-0.1, -0.05) is 12.1 Å². The van der Waals surface area contributed by atoms with E-state index in [2.05, 4.69) is 10.2 Å². The molecule has 0 aliphatic carbocycles. The van der Waals surface area contributed by atoms with Gasteiger partial charge in [-0.05, 0) is 31.3 Å². The molecule has 0 saturated carbocycles. The maximum atomic E-state index is 5.31. The third-order valence-electron chi connectivity index (χ3n) is 2.42. The van der Waals surface area contributed by atoms with Gasteiger partial charge in [-0.2, -0.15) is 5.10 Å². The van der Waals surface area contributed by atoms with Crippen molar-refractivity contribution in [3.8, 4) is 17.1 Å². The van der Waals surface area contributed by atoms with Crippen LogP contribution in [-0.2, 0) is 6.54 Å². The molecule has 1 aromatic carbocycles. The molecule has 1 aromatic heterocycles. The topological polar surface area (TPSA) is 42.8 Å². The quantitative estimate of drug-likeness (QED) is 0.832. The first-order chi connectivity index (χ1) is 7.77. The minimum Gasteiger partial charge on any atom is -0.496 e. The van der Waals surface area contributed by atoms with E-state index in [1.807, 2.05) is 35.8 Å². The molecule has 0 saturated heterocycles. The molecule has 5 heteroatoms. The molecule has 2 rings (SSSR count). The highest BCUT2D eigenvalue weighted by molar-refractivity contribution is 7.71. The van der Waals surface area contributed by atoms with E-state index in [0.29, 0.717) is 4.77 Å². The van der Waals surface area contributed by atoms with Crippen molar-refractivity contribution in [1.82, 2.24) is 14.8 Å². The Kier molecular flexibility index (Phi) is 3.05. The summed E-state index contributed by atoms with van der Waals surface area (Å²) in [5.41, 5.74) is 0.944. The Balaban J connectivity index is 2.62. The van der Waals surface area contributed by atoms with E-state index in [1.54, 1.807) is 7.11 Å². The van der Waals surface area contributed by atoms with Crippen LogP contribution in [0.3, 0.4) is 0 Å². The molecule has 0 aliphatic heterocycles. The van der Waals surface area contributed by atoms with Gasteiger partial charge < -0.3 is 9.30 Å². The summed E-state index contributed by atoms with van der Waals surface area (Å²) in [6, 6.07) is 7.76. The predicted molar refractivity (Wildman–Crippen MR) is 65.1 cm³/mol. The Hall–Kier alpha value is -1.62. The van der Waals surface area contributed by atoms with Gasteiger partial charge in [0, 0.05) is 6.54 Å². The summed E-state index contributed by atoms with van der Waals surface area (Å²) in [4.78, 5) is 0. The first kappa shape index (κ1) is 10.9. The van der Waals surface area contributed by atoms with Crippen molar-refractivity contribution in [2.45, 2.75) is 13.5 Å². The van der Waals surface area contributed by atoms with E-state index in [0.717, 1.165) is 23.7 Å². The van der Waals surface area contributed by atoms with Gasteiger partial charge in [0.15, 0.2) is 10.6 Å². The summed E-state index contributed by atoms with van der Waals surface area (Å²) in [6.45, 7) is 2.81. The van der Waals surface area contributed by atoms with Gasteiger partial charge in [0.05, 0.1) is 12.7 Å². The Morgan fingerprint density at radius 2 is 2.19 bits per heavy atom. The molecular weight excluding hydrogens is 222 g/mol. The van der Waals surface area contributed by atoms with Crippen molar-refractivity contribution in [2.75, 3.05) is 7.11 Å². The molecule has 2 aromatic rings. The number of nitrogens with one attached hydrogen (secondary N) is 1. The standard InChI is InChI=1S/C11H13N3OS/c1-3-14-10(12-13-11(14)16)8-6-4-5-7-9(8)15-2/h4-7H,3H2,1-2H3,(H,13,16). The molecular formula is C11H13N3OS. The fourth-order valence-corrected chi connectivity index (χ4v) is 1.91.